The summed E-state index contributed by atoms with van der Waals surface area (Å²) in [7, 11) is 0. The first-order chi connectivity index (χ1) is 7.91. The van der Waals surface area contributed by atoms with Gasteiger partial charge in [-0.3, -0.25) is 0 Å². The predicted octanol–water partition coefficient (Wildman–Crippen LogP) is -1.45. The second kappa shape index (κ2) is 2.47. The first-order valence-electron chi connectivity index (χ1n) is 5.98. The molecule has 3 rings (SSSR count). The SMILES string of the molecule is CC1(C)C(O)[C@]1(O)[C@H]1OC(=O)[C@]2(O)C(C)(C)[C@]12O. The summed E-state index contributed by atoms with van der Waals surface area (Å²) in [5.74, 6) is -0.941. The highest BCUT2D eigenvalue weighted by Gasteiger charge is 2.99. The fourth-order valence-electron chi connectivity index (χ4n) is 3.70. The van der Waals surface area contributed by atoms with Gasteiger partial charge in [0.2, 0.25) is 5.60 Å². The zero-order chi connectivity index (χ0) is 13.9. The minimum absolute atomic E-state index is 0.891. The average Bonchev–Trinajstić information content (AvgIpc) is 2.73. The van der Waals surface area contributed by atoms with Gasteiger partial charge in [0, 0.05) is 10.8 Å². The van der Waals surface area contributed by atoms with E-state index in [0.717, 1.165) is 0 Å². The number of rotatable bonds is 1. The van der Waals surface area contributed by atoms with Crippen molar-refractivity contribution in [3.63, 3.8) is 0 Å². The Kier molecular flexibility index (Phi) is 1.70. The largest absolute Gasteiger partial charge is 0.454 e. The minimum Gasteiger partial charge on any atom is -0.454 e. The van der Waals surface area contributed by atoms with Crippen molar-refractivity contribution in [2.24, 2.45) is 10.8 Å². The quantitative estimate of drug-likeness (QED) is 0.428. The van der Waals surface area contributed by atoms with Crippen LogP contribution in [0.25, 0.3) is 0 Å². The molecule has 5 atom stereocenters. The maximum absolute atomic E-state index is 11.7. The maximum Gasteiger partial charge on any atom is 0.342 e. The van der Waals surface area contributed by atoms with Crippen LogP contribution in [0.2, 0.25) is 0 Å². The topological polar surface area (TPSA) is 107 Å². The Morgan fingerprint density at radius 2 is 1.56 bits per heavy atom. The van der Waals surface area contributed by atoms with Crippen LogP contribution >= 0.6 is 0 Å². The van der Waals surface area contributed by atoms with Crippen LogP contribution in [0.5, 0.6) is 0 Å². The van der Waals surface area contributed by atoms with Gasteiger partial charge in [0.05, 0.1) is 6.10 Å². The molecule has 6 heteroatoms. The van der Waals surface area contributed by atoms with E-state index in [2.05, 4.69) is 0 Å². The fraction of sp³-hybridized carbons (Fsp3) is 0.917. The number of aliphatic hydroxyl groups is 4. The van der Waals surface area contributed by atoms with Crippen LogP contribution in [0.15, 0.2) is 0 Å². The zero-order valence-corrected chi connectivity index (χ0v) is 10.8. The van der Waals surface area contributed by atoms with Gasteiger partial charge in [-0.05, 0) is 0 Å². The molecule has 1 unspecified atom stereocenters. The van der Waals surface area contributed by atoms with Crippen molar-refractivity contribution in [1.29, 1.82) is 0 Å². The molecule has 18 heavy (non-hydrogen) atoms. The van der Waals surface area contributed by atoms with Gasteiger partial charge in [-0.2, -0.15) is 0 Å². The molecule has 2 aliphatic carbocycles. The van der Waals surface area contributed by atoms with E-state index in [1.54, 1.807) is 13.8 Å². The van der Waals surface area contributed by atoms with Crippen molar-refractivity contribution in [2.45, 2.75) is 56.7 Å². The highest BCUT2D eigenvalue weighted by atomic mass is 16.6. The lowest BCUT2D eigenvalue weighted by atomic mass is 9.92. The van der Waals surface area contributed by atoms with E-state index >= 15 is 0 Å². The molecule has 0 aromatic heterocycles. The van der Waals surface area contributed by atoms with Crippen LogP contribution in [0.4, 0.5) is 0 Å². The molecular weight excluding hydrogens is 240 g/mol. The average molecular weight is 258 g/mol. The standard InChI is InChI=1S/C12H18O6/c1-8(2)5(13)10(8,15)6-11(16)9(3,4)12(11,17)7(14)18-6/h5-6,13,15-17H,1-4H3/t5?,6-,10+,11-,12+/m1/s1. The van der Waals surface area contributed by atoms with Crippen molar-refractivity contribution in [3.8, 4) is 0 Å². The van der Waals surface area contributed by atoms with Crippen LogP contribution in [0.3, 0.4) is 0 Å². The number of fused-ring (bicyclic) bond motifs is 1. The lowest BCUT2D eigenvalue weighted by molar-refractivity contribution is -0.170. The zero-order valence-electron chi connectivity index (χ0n) is 10.8. The molecule has 0 aromatic rings. The Hall–Kier alpha value is -0.690. The molecule has 0 amide bonds. The molecule has 102 valence electrons. The molecule has 0 spiro atoms. The number of carbonyl (C=O) groups excluding carboxylic acids is 1. The third kappa shape index (κ3) is 0.735. The highest BCUT2D eigenvalue weighted by Crippen LogP contribution is 2.76. The van der Waals surface area contributed by atoms with Gasteiger partial charge >= 0.3 is 5.97 Å². The van der Waals surface area contributed by atoms with E-state index in [1.807, 2.05) is 0 Å². The highest BCUT2D eigenvalue weighted by molar-refractivity contribution is 5.92. The van der Waals surface area contributed by atoms with E-state index in [0.29, 0.717) is 0 Å². The second-order valence-corrected chi connectivity index (χ2v) is 6.84. The molecule has 3 fully saturated rings. The first kappa shape index (κ1) is 12.3. The lowest BCUT2D eigenvalue weighted by Gasteiger charge is -2.28. The summed E-state index contributed by atoms with van der Waals surface area (Å²) in [5.41, 5.74) is -7.58. The number of esters is 1. The Labute approximate surface area is 104 Å². The maximum atomic E-state index is 11.7. The number of hydrogen-bond donors (Lipinski definition) is 4. The normalized spacial score (nSPS) is 59.0. The van der Waals surface area contributed by atoms with Crippen molar-refractivity contribution >= 4 is 5.97 Å². The van der Waals surface area contributed by atoms with Gasteiger partial charge in [0.15, 0.2) is 11.7 Å². The molecule has 6 nitrogen and oxygen atoms in total. The van der Waals surface area contributed by atoms with Gasteiger partial charge < -0.3 is 25.2 Å². The Morgan fingerprint density at radius 1 is 1.11 bits per heavy atom. The fourth-order valence-corrected chi connectivity index (χ4v) is 3.70. The predicted molar refractivity (Wildman–Crippen MR) is 58.3 cm³/mol. The summed E-state index contributed by atoms with van der Waals surface area (Å²) in [6.45, 7) is 6.29. The van der Waals surface area contributed by atoms with Crippen molar-refractivity contribution in [2.75, 3.05) is 0 Å². The molecule has 1 aliphatic heterocycles. The van der Waals surface area contributed by atoms with Crippen LogP contribution in [-0.2, 0) is 9.53 Å². The first-order valence-corrected chi connectivity index (χ1v) is 5.98. The van der Waals surface area contributed by atoms with E-state index in [9.17, 15) is 25.2 Å². The van der Waals surface area contributed by atoms with Crippen LogP contribution in [0, 0.1) is 10.8 Å². The summed E-state index contributed by atoms with van der Waals surface area (Å²) in [5, 5.41) is 41.1. The third-order valence-corrected chi connectivity index (χ3v) is 5.70. The molecular formula is C12H18O6. The number of aliphatic hydroxyl groups excluding tert-OH is 1. The number of hydrogen-bond acceptors (Lipinski definition) is 6. The number of ether oxygens (including phenoxy) is 1. The Balaban J connectivity index is 2.07. The van der Waals surface area contributed by atoms with Gasteiger partial charge in [0.25, 0.3) is 0 Å². The summed E-state index contributed by atoms with van der Waals surface area (Å²) >= 11 is 0. The monoisotopic (exact) mass is 258 g/mol. The molecule has 2 saturated carbocycles. The molecule has 1 heterocycles. The van der Waals surface area contributed by atoms with E-state index in [1.165, 1.54) is 13.8 Å². The summed E-state index contributed by atoms with van der Waals surface area (Å²) in [6.07, 6.45) is -2.42. The third-order valence-electron chi connectivity index (χ3n) is 5.70. The summed E-state index contributed by atoms with van der Waals surface area (Å²) < 4.78 is 4.95. The molecule has 4 N–H and O–H groups in total. The van der Waals surface area contributed by atoms with Gasteiger partial charge in [-0.25, -0.2) is 4.79 Å². The Morgan fingerprint density at radius 3 is 1.83 bits per heavy atom. The smallest absolute Gasteiger partial charge is 0.342 e. The van der Waals surface area contributed by atoms with Crippen LogP contribution in [-0.4, -0.2) is 55.4 Å². The van der Waals surface area contributed by atoms with Gasteiger partial charge in [0.1, 0.15) is 5.60 Å². The van der Waals surface area contributed by atoms with E-state index in [4.69, 9.17) is 4.74 Å². The Bertz CT molecular complexity index is 471. The number of carbonyl (C=O) groups is 1. The molecule has 0 aromatic carbocycles. The van der Waals surface area contributed by atoms with Crippen molar-refractivity contribution in [3.05, 3.63) is 0 Å². The molecule has 3 aliphatic rings. The van der Waals surface area contributed by atoms with Gasteiger partial charge in [-0.15, -0.1) is 0 Å². The number of cyclic esters (lactones) is 1. The van der Waals surface area contributed by atoms with Crippen LogP contribution in [0.1, 0.15) is 27.7 Å². The van der Waals surface area contributed by atoms with Crippen molar-refractivity contribution in [1.82, 2.24) is 0 Å². The van der Waals surface area contributed by atoms with Gasteiger partial charge in [-0.1, -0.05) is 27.7 Å². The summed E-state index contributed by atoms with van der Waals surface area (Å²) in [6, 6.07) is 0. The second-order valence-electron chi connectivity index (χ2n) is 6.84. The van der Waals surface area contributed by atoms with E-state index in [-0.39, 0.29) is 0 Å². The molecule has 0 radical (unpaired) electrons. The van der Waals surface area contributed by atoms with Crippen LogP contribution < -0.4 is 0 Å². The lowest BCUT2D eigenvalue weighted by Crippen LogP contribution is -2.47. The minimum atomic E-state index is -2.00. The van der Waals surface area contributed by atoms with E-state index < -0.39 is 45.8 Å². The summed E-state index contributed by atoms with van der Waals surface area (Å²) in [4.78, 5) is 11.7. The molecule has 1 saturated heterocycles. The molecule has 0 bridgehead atoms. The van der Waals surface area contributed by atoms with Crippen molar-refractivity contribution < 1.29 is 30.0 Å².